The number of hydrogen-bond acceptors (Lipinski definition) is 1. The smallest absolute Gasteiger partial charge is 0.222 e. The molecular formula is C14H18NO. The number of hydrogen-bond donors (Lipinski definition) is 0. The summed E-state index contributed by atoms with van der Waals surface area (Å²) in [5.41, 5.74) is 1.39. The van der Waals surface area contributed by atoms with Crippen molar-refractivity contribution in [2.24, 2.45) is 0 Å². The molecule has 85 valence electrons. The maximum atomic E-state index is 11.5. The lowest BCUT2D eigenvalue weighted by Gasteiger charge is -2.32. The van der Waals surface area contributed by atoms with Gasteiger partial charge in [-0.15, -0.1) is 0 Å². The van der Waals surface area contributed by atoms with E-state index in [4.69, 9.17) is 0 Å². The first-order chi connectivity index (χ1) is 7.81. The van der Waals surface area contributed by atoms with Crippen molar-refractivity contribution in [1.29, 1.82) is 0 Å². The molecule has 0 unspecified atom stereocenters. The molecule has 1 saturated heterocycles. The first-order valence-electron chi connectivity index (χ1n) is 6.05. The molecule has 0 aliphatic carbocycles. The van der Waals surface area contributed by atoms with Crippen molar-refractivity contribution in [3.8, 4) is 0 Å². The number of nitrogens with zero attached hydrogens (tertiary/aromatic N) is 1. The molecule has 1 aromatic rings. The third-order valence-electron chi connectivity index (χ3n) is 3.37. The van der Waals surface area contributed by atoms with Gasteiger partial charge in [0.2, 0.25) is 5.91 Å². The molecule has 0 aromatic heterocycles. The predicted molar refractivity (Wildman–Crippen MR) is 64.1 cm³/mol. The topological polar surface area (TPSA) is 20.3 Å². The van der Waals surface area contributed by atoms with Gasteiger partial charge in [0.25, 0.3) is 0 Å². The van der Waals surface area contributed by atoms with E-state index < -0.39 is 0 Å². The molecule has 1 heterocycles. The van der Waals surface area contributed by atoms with E-state index in [-0.39, 0.29) is 0 Å². The van der Waals surface area contributed by atoms with Crippen molar-refractivity contribution in [3.63, 3.8) is 0 Å². The third kappa shape index (κ3) is 2.43. The van der Waals surface area contributed by atoms with Crippen LogP contribution >= 0.6 is 0 Å². The molecule has 0 bridgehead atoms. The fourth-order valence-electron chi connectivity index (χ4n) is 2.36. The largest absolute Gasteiger partial charge is 0.343 e. The van der Waals surface area contributed by atoms with Crippen LogP contribution in [0.3, 0.4) is 0 Å². The van der Waals surface area contributed by atoms with Gasteiger partial charge in [0, 0.05) is 19.5 Å². The van der Waals surface area contributed by atoms with Crippen molar-refractivity contribution in [2.75, 3.05) is 13.1 Å². The fraction of sp³-hybridized carbons (Fsp3) is 0.500. The van der Waals surface area contributed by atoms with Crippen molar-refractivity contribution in [2.45, 2.75) is 32.1 Å². The highest BCUT2D eigenvalue weighted by atomic mass is 16.2. The molecule has 1 radical (unpaired) electrons. The Morgan fingerprint density at radius 1 is 1.38 bits per heavy atom. The number of amides is 1. The summed E-state index contributed by atoms with van der Waals surface area (Å²) in [4.78, 5) is 13.5. The van der Waals surface area contributed by atoms with Gasteiger partial charge >= 0.3 is 0 Å². The minimum atomic E-state index is 0.292. The molecule has 0 spiro atoms. The van der Waals surface area contributed by atoms with Gasteiger partial charge < -0.3 is 4.90 Å². The van der Waals surface area contributed by atoms with Gasteiger partial charge in [-0.05, 0) is 30.4 Å². The second kappa shape index (κ2) is 5.15. The molecule has 0 atom stereocenters. The normalized spacial score (nSPS) is 17.4. The molecule has 0 saturated carbocycles. The third-order valence-corrected chi connectivity index (χ3v) is 3.37. The van der Waals surface area contributed by atoms with Crippen LogP contribution in [0.1, 0.15) is 37.7 Å². The molecule has 1 fully saturated rings. The molecule has 1 amide bonds. The maximum Gasteiger partial charge on any atom is 0.222 e. The van der Waals surface area contributed by atoms with E-state index in [0.717, 1.165) is 25.9 Å². The second-order valence-electron chi connectivity index (χ2n) is 4.34. The summed E-state index contributed by atoms with van der Waals surface area (Å²) in [6.07, 6.45) is 2.82. The predicted octanol–water partition coefficient (Wildman–Crippen LogP) is 2.60. The summed E-state index contributed by atoms with van der Waals surface area (Å²) in [6, 6.07) is 11.3. The van der Waals surface area contributed by atoms with Crippen LogP contribution in [0, 0.1) is 6.07 Å². The fourth-order valence-corrected chi connectivity index (χ4v) is 2.36. The van der Waals surface area contributed by atoms with Crippen LogP contribution in [0.5, 0.6) is 0 Å². The van der Waals surface area contributed by atoms with Crippen LogP contribution in [-0.2, 0) is 4.79 Å². The quantitative estimate of drug-likeness (QED) is 0.744. The van der Waals surface area contributed by atoms with E-state index in [2.05, 4.69) is 18.2 Å². The Bertz CT molecular complexity index is 339. The summed E-state index contributed by atoms with van der Waals surface area (Å²) < 4.78 is 0. The van der Waals surface area contributed by atoms with Crippen LogP contribution in [0.2, 0.25) is 0 Å². The molecule has 0 N–H and O–H groups in total. The Kier molecular flexibility index (Phi) is 3.60. The summed E-state index contributed by atoms with van der Waals surface area (Å²) >= 11 is 0. The highest BCUT2D eigenvalue weighted by Gasteiger charge is 2.22. The summed E-state index contributed by atoms with van der Waals surface area (Å²) in [6.45, 7) is 3.76. The molecule has 2 rings (SSSR count). The summed E-state index contributed by atoms with van der Waals surface area (Å²) in [7, 11) is 0. The van der Waals surface area contributed by atoms with Crippen molar-refractivity contribution < 1.29 is 4.79 Å². The number of carbonyl (C=O) groups excluding carboxylic acids is 1. The van der Waals surface area contributed by atoms with Crippen molar-refractivity contribution >= 4 is 5.91 Å². The van der Waals surface area contributed by atoms with Gasteiger partial charge in [-0.2, -0.15) is 0 Å². The summed E-state index contributed by atoms with van der Waals surface area (Å²) in [5, 5.41) is 0. The average molecular weight is 216 g/mol. The van der Waals surface area contributed by atoms with Gasteiger partial charge in [0.05, 0.1) is 0 Å². The highest BCUT2D eigenvalue weighted by molar-refractivity contribution is 5.75. The van der Waals surface area contributed by atoms with Crippen molar-refractivity contribution in [1.82, 2.24) is 4.90 Å². The lowest BCUT2D eigenvalue weighted by molar-refractivity contribution is -0.131. The number of carbonyl (C=O) groups is 1. The van der Waals surface area contributed by atoms with Crippen LogP contribution < -0.4 is 0 Å². The van der Waals surface area contributed by atoms with Gasteiger partial charge in [0.15, 0.2) is 0 Å². The van der Waals surface area contributed by atoms with E-state index in [9.17, 15) is 4.79 Å². The standard InChI is InChI=1S/C14H18NO/c1-2-14(16)15-10-8-13(9-11-15)12-6-4-3-5-7-12/h4-7,13H,2,8-11H2,1H3. The van der Waals surface area contributed by atoms with Gasteiger partial charge in [-0.3, -0.25) is 4.79 Å². The van der Waals surface area contributed by atoms with Crippen molar-refractivity contribution in [3.05, 3.63) is 35.9 Å². The van der Waals surface area contributed by atoms with E-state index >= 15 is 0 Å². The van der Waals surface area contributed by atoms with Gasteiger partial charge in [-0.25, -0.2) is 0 Å². The number of rotatable bonds is 2. The maximum absolute atomic E-state index is 11.5. The van der Waals surface area contributed by atoms with E-state index in [1.807, 2.05) is 24.0 Å². The minimum absolute atomic E-state index is 0.292. The lowest BCUT2D eigenvalue weighted by atomic mass is 9.89. The minimum Gasteiger partial charge on any atom is -0.343 e. The zero-order valence-electron chi connectivity index (χ0n) is 9.78. The molecule has 1 aliphatic heterocycles. The lowest BCUT2D eigenvalue weighted by Crippen LogP contribution is -2.37. The molecule has 2 heteroatoms. The SMILES string of the molecule is CCC(=O)N1CCC(c2cc[c]cc2)CC1. The van der Waals surface area contributed by atoms with Crippen LogP contribution in [0.4, 0.5) is 0 Å². The molecule has 1 aliphatic rings. The van der Waals surface area contributed by atoms with Gasteiger partial charge in [-0.1, -0.05) is 31.2 Å². The first-order valence-corrected chi connectivity index (χ1v) is 6.05. The zero-order valence-corrected chi connectivity index (χ0v) is 9.78. The first kappa shape index (κ1) is 11.2. The van der Waals surface area contributed by atoms with E-state index in [0.29, 0.717) is 18.2 Å². The molecule has 16 heavy (non-hydrogen) atoms. The summed E-state index contributed by atoms with van der Waals surface area (Å²) in [5.74, 6) is 0.912. The Balaban J connectivity index is 1.93. The van der Waals surface area contributed by atoms with E-state index in [1.165, 1.54) is 5.56 Å². The van der Waals surface area contributed by atoms with Crippen LogP contribution in [0.25, 0.3) is 0 Å². The monoisotopic (exact) mass is 216 g/mol. The Morgan fingerprint density at radius 3 is 2.56 bits per heavy atom. The number of piperidine rings is 1. The Hall–Kier alpha value is -1.31. The Labute approximate surface area is 97.3 Å². The van der Waals surface area contributed by atoms with E-state index in [1.54, 1.807) is 0 Å². The average Bonchev–Trinajstić information content (AvgIpc) is 2.39. The zero-order chi connectivity index (χ0) is 11.4. The van der Waals surface area contributed by atoms with Crippen LogP contribution in [0.15, 0.2) is 24.3 Å². The van der Waals surface area contributed by atoms with Gasteiger partial charge in [0.1, 0.15) is 0 Å². The number of likely N-dealkylation sites (tertiary alicyclic amines) is 1. The highest BCUT2D eigenvalue weighted by Crippen LogP contribution is 2.27. The molecular weight excluding hydrogens is 198 g/mol. The van der Waals surface area contributed by atoms with Crippen LogP contribution in [-0.4, -0.2) is 23.9 Å². The second-order valence-corrected chi connectivity index (χ2v) is 4.34. The number of benzene rings is 1. The molecule has 2 nitrogen and oxygen atoms in total. The Morgan fingerprint density at radius 2 is 2.00 bits per heavy atom. The molecule has 1 aromatic carbocycles.